The minimum absolute atomic E-state index is 0.243. The molecule has 0 saturated carbocycles. The Labute approximate surface area is 121 Å². The predicted molar refractivity (Wildman–Crippen MR) is 74.6 cm³/mol. The largest absolute Gasteiger partial charge is 0.390 e. The molecule has 3 nitrogen and oxygen atoms in total. The number of aromatic nitrogens is 2. The van der Waals surface area contributed by atoms with E-state index in [1.807, 2.05) is 6.92 Å². The van der Waals surface area contributed by atoms with Gasteiger partial charge < -0.3 is 10.3 Å². The molecule has 21 heavy (non-hydrogen) atoms. The monoisotopic (exact) mass is 297 g/mol. The first-order valence-corrected chi connectivity index (χ1v) is 6.86. The van der Waals surface area contributed by atoms with Crippen LogP contribution in [0.5, 0.6) is 0 Å². The molecule has 6 heteroatoms. The van der Waals surface area contributed by atoms with E-state index >= 15 is 0 Å². The number of rotatable bonds is 6. The Balaban J connectivity index is 2.19. The minimum atomic E-state index is -4.23. The molecule has 0 aliphatic carbocycles. The average Bonchev–Trinajstić information content (AvgIpc) is 2.97. The Bertz CT molecular complexity index is 523. The fraction of sp³-hybridized carbons (Fsp3) is 0.400. The molecule has 0 saturated heterocycles. The Hall–Kier alpha value is -1.82. The van der Waals surface area contributed by atoms with Crippen LogP contribution in [0, 0.1) is 0 Å². The van der Waals surface area contributed by atoms with Gasteiger partial charge in [-0.1, -0.05) is 37.3 Å². The summed E-state index contributed by atoms with van der Waals surface area (Å²) in [5.41, 5.74) is 0.625. The first-order chi connectivity index (χ1) is 9.99. The fourth-order valence-corrected chi connectivity index (χ4v) is 2.29. The molecular weight excluding hydrogens is 279 g/mol. The maximum atomic E-state index is 12.8. The third-order valence-electron chi connectivity index (χ3n) is 3.30. The van der Waals surface area contributed by atoms with Gasteiger partial charge in [-0.2, -0.15) is 13.2 Å². The first kappa shape index (κ1) is 15.6. The van der Waals surface area contributed by atoms with Crippen LogP contribution in [0.3, 0.4) is 0 Å². The second-order valence-corrected chi connectivity index (χ2v) is 4.88. The lowest BCUT2D eigenvalue weighted by molar-refractivity contribution is -0.141. The first-order valence-electron chi connectivity index (χ1n) is 6.86. The second-order valence-electron chi connectivity index (χ2n) is 4.88. The highest BCUT2D eigenvalue weighted by atomic mass is 19.4. The van der Waals surface area contributed by atoms with Gasteiger partial charge in [0.15, 0.2) is 0 Å². The molecule has 0 aliphatic rings. The van der Waals surface area contributed by atoms with Crippen molar-refractivity contribution in [3.05, 3.63) is 54.1 Å². The number of hydrogen-bond donors (Lipinski definition) is 2. The van der Waals surface area contributed by atoms with E-state index in [1.54, 1.807) is 42.7 Å². The van der Waals surface area contributed by atoms with Gasteiger partial charge in [-0.05, 0) is 12.0 Å². The van der Waals surface area contributed by atoms with Crippen LogP contribution >= 0.6 is 0 Å². The normalized spacial score (nSPS) is 14.9. The highest BCUT2D eigenvalue weighted by molar-refractivity contribution is 5.19. The van der Waals surface area contributed by atoms with Gasteiger partial charge in [-0.25, -0.2) is 4.98 Å². The number of alkyl halides is 3. The number of nitrogens with zero attached hydrogens (tertiary/aromatic N) is 1. The van der Waals surface area contributed by atoms with E-state index in [0.717, 1.165) is 0 Å². The number of hydrogen-bond acceptors (Lipinski definition) is 2. The molecule has 1 heterocycles. The molecule has 0 bridgehead atoms. The van der Waals surface area contributed by atoms with Gasteiger partial charge >= 0.3 is 6.18 Å². The third-order valence-corrected chi connectivity index (χ3v) is 3.30. The molecule has 0 fully saturated rings. The van der Waals surface area contributed by atoms with Crippen molar-refractivity contribution in [2.24, 2.45) is 0 Å². The fourth-order valence-electron chi connectivity index (χ4n) is 2.29. The van der Waals surface area contributed by atoms with Gasteiger partial charge in [0.05, 0.1) is 12.5 Å². The van der Waals surface area contributed by atoms with Crippen LogP contribution in [0.15, 0.2) is 42.7 Å². The highest BCUT2D eigenvalue weighted by Crippen LogP contribution is 2.31. The quantitative estimate of drug-likeness (QED) is 0.841. The second kappa shape index (κ2) is 6.76. The zero-order valence-corrected chi connectivity index (χ0v) is 11.7. The van der Waals surface area contributed by atoms with Gasteiger partial charge in [0.25, 0.3) is 0 Å². The van der Waals surface area contributed by atoms with Crippen molar-refractivity contribution in [1.82, 2.24) is 15.3 Å². The maximum Gasteiger partial charge on any atom is 0.390 e. The number of nitrogens with one attached hydrogen (secondary N) is 2. The molecule has 1 aromatic carbocycles. The lowest BCUT2D eigenvalue weighted by atomic mass is 10.0. The Morgan fingerprint density at radius 1 is 1.19 bits per heavy atom. The van der Waals surface area contributed by atoms with Crippen molar-refractivity contribution in [1.29, 1.82) is 0 Å². The molecular formula is C15H18F3N3. The number of aromatic amines is 1. The topological polar surface area (TPSA) is 40.7 Å². The Kier molecular flexibility index (Phi) is 5.01. The summed E-state index contributed by atoms with van der Waals surface area (Å²) >= 11 is 0. The number of imidazole rings is 1. The summed E-state index contributed by atoms with van der Waals surface area (Å²) < 4.78 is 38.5. The summed E-state index contributed by atoms with van der Waals surface area (Å²) in [6.45, 7) is 1.91. The van der Waals surface area contributed by atoms with Crippen molar-refractivity contribution in [2.45, 2.75) is 38.0 Å². The summed E-state index contributed by atoms with van der Waals surface area (Å²) in [4.78, 5) is 7.08. The number of H-pyrrole nitrogens is 1. The molecule has 2 N–H and O–H groups in total. The molecule has 2 rings (SSSR count). The van der Waals surface area contributed by atoms with Gasteiger partial charge in [-0.15, -0.1) is 0 Å². The number of halogens is 3. The third kappa shape index (κ3) is 4.60. The number of benzene rings is 1. The van der Waals surface area contributed by atoms with Crippen molar-refractivity contribution < 1.29 is 13.2 Å². The molecule has 2 aromatic rings. The summed E-state index contributed by atoms with van der Waals surface area (Å²) in [5.74, 6) is 0.653. The van der Waals surface area contributed by atoms with E-state index in [1.165, 1.54) is 0 Å². The van der Waals surface area contributed by atoms with E-state index in [-0.39, 0.29) is 6.04 Å². The molecule has 0 radical (unpaired) electrons. The predicted octanol–water partition coefficient (Wildman–Crippen LogP) is 4.14. The Morgan fingerprint density at radius 3 is 2.43 bits per heavy atom. The zero-order valence-electron chi connectivity index (χ0n) is 11.7. The van der Waals surface area contributed by atoms with Crippen molar-refractivity contribution in [3.63, 3.8) is 0 Å². The molecule has 2 unspecified atom stereocenters. The smallest absolute Gasteiger partial charge is 0.347 e. The molecule has 114 valence electrons. The van der Waals surface area contributed by atoms with Gasteiger partial charge in [0.2, 0.25) is 0 Å². The van der Waals surface area contributed by atoms with Crippen LogP contribution in [-0.2, 0) is 0 Å². The Morgan fingerprint density at radius 2 is 1.90 bits per heavy atom. The molecule has 1 aromatic heterocycles. The van der Waals surface area contributed by atoms with Crippen LogP contribution in [0.4, 0.5) is 13.2 Å². The van der Waals surface area contributed by atoms with E-state index < -0.39 is 18.6 Å². The van der Waals surface area contributed by atoms with Crippen LogP contribution < -0.4 is 5.32 Å². The lowest BCUT2D eigenvalue weighted by Crippen LogP contribution is -2.30. The zero-order chi connectivity index (χ0) is 15.3. The lowest BCUT2D eigenvalue weighted by Gasteiger charge is -2.25. The van der Waals surface area contributed by atoms with Crippen LogP contribution in [0.25, 0.3) is 0 Å². The highest BCUT2D eigenvalue weighted by Gasteiger charge is 2.33. The van der Waals surface area contributed by atoms with Crippen molar-refractivity contribution in [2.75, 3.05) is 0 Å². The van der Waals surface area contributed by atoms with Crippen LogP contribution in [-0.4, -0.2) is 16.1 Å². The van der Waals surface area contributed by atoms with Gasteiger partial charge in [-0.3, -0.25) is 0 Å². The van der Waals surface area contributed by atoms with E-state index in [2.05, 4.69) is 15.3 Å². The molecule has 0 spiro atoms. The van der Waals surface area contributed by atoms with E-state index in [9.17, 15) is 13.2 Å². The van der Waals surface area contributed by atoms with Crippen molar-refractivity contribution in [3.8, 4) is 0 Å². The summed E-state index contributed by atoms with van der Waals surface area (Å²) in [6, 6.07) is 7.66. The summed E-state index contributed by atoms with van der Waals surface area (Å²) in [5, 5.41) is 3.07. The SMILES string of the molecule is CCC(NC(CC(F)(F)F)c1ccccc1)c1ncc[nH]1. The maximum absolute atomic E-state index is 12.8. The standard InChI is InChI=1S/C15H18F3N3/c1-2-12(14-19-8-9-20-14)21-13(10-15(16,17)18)11-6-4-3-5-7-11/h3-9,12-13,21H,2,10H2,1H3,(H,19,20). The molecule has 0 aliphatic heterocycles. The van der Waals surface area contributed by atoms with Crippen LogP contribution in [0.1, 0.15) is 43.2 Å². The average molecular weight is 297 g/mol. The van der Waals surface area contributed by atoms with Crippen molar-refractivity contribution >= 4 is 0 Å². The van der Waals surface area contributed by atoms with E-state index in [4.69, 9.17) is 0 Å². The molecule has 2 atom stereocenters. The van der Waals surface area contributed by atoms with Crippen LogP contribution in [0.2, 0.25) is 0 Å². The summed E-state index contributed by atoms with van der Waals surface area (Å²) in [7, 11) is 0. The van der Waals surface area contributed by atoms with Gasteiger partial charge in [0, 0.05) is 18.4 Å². The molecule has 0 amide bonds. The minimum Gasteiger partial charge on any atom is -0.347 e. The van der Waals surface area contributed by atoms with Gasteiger partial charge in [0.1, 0.15) is 5.82 Å². The summed E-state index contributed by atoms with van der Waals surface area (Å²) in [6.07, 6.45) is -1.22. The van der Waals surface area contributed by atoms with E-state index in [0.29, 0.717) is 17.8 Å².